The summed E-state index contributed by atoms with van der Waals surface area (Å²) in [5, 5.41) is 3.03. The highest BCUT2D eigenvalue weighted by atomic mass is 16.5. The van der Waals surface area contributed by atoms with Gasteiger partial charge in [0.05, 0.1) is 12.3 Å². The lowest BCUT2D eigenvalue weighted by Crippen LogP contribution is -2.45. The van der Waals surface area contributed by atoms with Crippen molar-refractivity contribution >= 4 is 17.5 Å². The Kier molecular flexibility index (Phi) is 5.33. The molecule has 0 bridgehead atoms. The van der Waals surface area contributed by atoms with E-state index in [4.69, 9.17) is 4.74 Å². The molecule has 1 aromatic heterocycles. The first-order valence-corrected chi connectivity index (χ1v) is 8.91. The maximum Gasteiger partial charge on any atom is 0.321 e. The molecule has 3 rings (SSSR count). The summed E-state index contributed by atoms with van der Waals surface area (Å²) in [5.74, 6) is 0.962. The summed E-state index contributed by atoms with van der Waals surface area (Å²) in [6, 6.07) is 3.33. The number of ketones is 1. The highest BCUT2D eigenvalue weighted by Gasteiger charge is 2.29. The Balaban J connectivity index is 1.69. The summed E-state index contributed by atoms with van der Waals surface area (Å²) in [6.07, 6.45) is 6.49. The van der Waals surface area contributed by atoms with E-state index >= 15 is 0 Å². The van der Waals surface area contributed by atoms with E-state index < -0.39 is 0 Å². The smallest absolute Gasteiger partial charge is 0.321 e. The van der Waals surface area contributed by atoms with E-state index in [2.05, 4.69) is 10.3 Å². The molecule has 2 aliphatic rings. The SMILES string of the molecule is CCOc1ccc2c(n1)C(=O)CCN2C(=O)NCC1CCCCC1. The number of aromatic nitrogens is 1. The van der Waals surface area contributed by atoms with Crippen LogP contribution in [0.3, 0.4) is 0 Å². The number of nitrogens with one attached hydrogen (secondary N) is 1. The number of rotatable bonds is 4. The van der Waals surface area contributed by atoms with Crippen LogP contribution in [-0.2, 0) is 0 Å². The molecule has 0 spiro atoms. The molecule has 2 heterocycles. The second-order valence-corrected chi connectivity index (χ2v) is 6.47. The predicted octanol–water partition coefficient (Wildman–Crippen LogP) is 3.16. The Hall–Kier alpha value is -2.11. The predicted molar refractivity (Wildman–Crippen MR) is 91.7 cm³/mol. The Morgan fingerprint density at radius 3 is 2.88 bits per heavy atom. The van der Waals surface area contributed by atoms with E-state index in [-0.39, 0.29) is 11.8 Å². The molecule has 1 N–H and O–H groups in total. The number of ether oxygens (including phenoxy) is 1. The maximum atomic E-state index is 12.6. The van der Waals surface area contributed by atoms with Crippen molar-refractivity contribution in [3.05, 3.63) is 17.8 Å². The standard InChI is InChI=1S/C18H25N3O3/c1-2-24-16-9-8-14-17(20-16)15(22)10-11-21(14)18(23)19-12-13-6-4-3-5-7-13/h8-9,13H,2-7,10-12H2,1H3,(H,19,23). The topological polar surface area (TPSA) is 71.5 Å². The van der Waals surface area contributed by atoms with Crippen LogP contribution in [0.4, 0.5) is 10.5 Å². The first-order valence-electron chi connectivity index (χ1n) is 8.91. The van der Waals surface area contributed by atoms with Crippen LogP contribution in [0.1, 0.15) is 55.9 Å². The van der Waals surface area contributed by atoms with Gasteiger partial charge in [-0.25, -0.2) is 9.78 Å². The fourth-order valence-electron chi connectivity index (χ4n) is 3.47. The van der Waals surface area contributed by atoms with Crippen LogP contribution in [-0.4, -0.2) is 36.5 Å². The summed E-state index contributed by atoms with van der Waals surface area (Å²) in [6.45, 7) is 3.47. The summed E-state index contributed by atoms with van der Waals surface area (Å²) in [4.78, 5) is 30.6. The van der Waals surface area contributed by atoms with Gasteiger partial charge in [0.25, 0.3) is 0 Å². The second-order valence-electron chi connectivity index (χ2n) is 6.47. The molecular weight excluding hydrogens is 306 g/mol. The average molecular weight is 331 g/mol. The van der Waals surface area contributed by atoms with E-state index in [0.717, 1.165) is 0 Å². The second kappa shape index (κ2) is 7.64. The zero-order chi connectivity index (χ0) is 16.9. The van der Waals surface area contributed by atoms with Crippen molar-refractivity contribution in [1.82, 2.24) is 10.3 Å². The lowest BCUT2D eigenvalue weighted by Gasteiger charge is -2.29. The highest BCUT2D eigenvalue weighted by Crippen LogP contribution is 2.28. The minimum absolute atomic E-state index is 0.0390. The number of nitrogens with zero attached hydrogens (tertiary/aromatic N) is 2. The van der Waals surface area contributed by atoms with Gasteiger partial charge in [-0.3, -0.25) is 9.69 Å². The third-order valence-electron chi connectivity index (χ3n) is 4.77. The monoisotopic (exact) mass is 331 g/mol. The van der Waals surface area contributed by atoms with E-state index in [0.29, 0.717) is 49.3 Å². The van der Waals surface area contributed by atoms with Crippen LogP contribution in [0, 0.1) is 5.92 Å². The zero-order valence-corrected chi connectivity index (χ0v) is 14.2. The molecular formula is C18H25N3O3. The Bertz CT molecular complexity index is 612. The largest absolute Gasteiger partial charge is 0.478 e. The van der Waals surface area contributed by atoms with Crippen LogP contribution < -0.4 is 15.0 Å². The van der Waals surface area contributed by atoms with Gasteiger partial charge in [0, 0.05) is 25.6 Å². The molecule has 1 saturated carbocycles. The molecule has 6 heteroatoms. The zero-order valence-electron chi connectivity index (χ0n) is 14.2. The number of fused-ring (bicyclic) bond motifs is 1. The molecule has 0 aromatic carbocycles. The number of pyridine rings is 1. The summed E-state index contributed by atoms with van der Waals surface area (Å²) >= 11 is 0. The van der Waals surface area contributed by atoms with Gasteiger partial charge in [0.1, 0.15) is 5.69 Å². The molecule has 0 saturated heterocycles. The van der Waals surface area contributed by atoms with Gasteiger partial charge < -0.3 is 10.1 Å². The average Bonchev–Trinajstić information content (AvgIpc) is 2.61. The lowest BCUT2D eigenvalue weighted by atomic mass is 9.89. The van der Waals surface area contributed by atoms with Gasteiger partial charge in [-0.15, -0.1) is 0 Å². The number of hydrogen-bond acceptors (Lipinski definition) is 4. The van der Waals surface area contributed by atoms with E-state index in [1.165, 1.54) is 32.1 Å². The van der Waals surface area contributed by atoms with Crippen LogP contribution in [0.5, 0.6) is 5.88 Å². The molecule has 130 valence electrons. The first kappa shape index (κ1) is 16.7. The molecule has 1 aliphatic heterocycles. The van der Waals surface area contributed by atoms with Crippen molar-refractivity contribution in [2.45, 2.75) is 45.4 Å². The van der Waals surface area contributed by atoms with E-state index in [9.17, 15) is 9.59 Å². The fourth-order valence-corrected chi connectivity index (χ4v) is 3.47. The number of anilines is 1. The quantitative estimate of drug-likeness (QED) is 0.920. The van der Waals surface area contributed by atoms with Crippen molar-refractivity contribution in [3.8, 4) is 5.88 Å². The highest BCUT2D eigenvalue weighted by molar-refractivity contribution is 6.07. The molecule has 0 radical (unpaired) electrons. The van der Waals surface area contributed by atoms with Gasteiger partial charge in [-0.2, -0.15) is 0 Å². The van der Waals surface area contributed by atoms with Crippen molar-refractivity contribution in [1.29, 1.82) is 0 Å². The van der Waals surface area contributed by atoms with Crippen molar-refractivity contribution in [2.75, 3.05) is 24.6 Å². The summed E-state index contributed by atoms with van der Waals surface area (Å²) < 4.78 is 5.36. The molecule has 1 fully saturated rings. The van der Waals surface area contributed by atoms with Gasteiger partial charge >= 0.3 is 6.03 Å². The van der Waals surface area contributed by atoms with Gasteiger partial charge in [-0.05, 0) is 31.7 Å². The minimum Gasteiger partial charge on any atom is -0.478 e. The van der Waals surface area contributed by atoms with E-state index in [1.807, 2.05) is 6.92 Å². The third-order valence-corrected chi connectivity index (χ3v) is 4.77. The maximum absolute atomic E-state index is 12.6. The number of carbonyl (C=O) groups is 2. The van der Waals surface area contributed by atoms with Crippen molar-refractivity contribution in [2.24, 2.45) is 5.92 Å². The number of hydrogen-bond donors (Lipinski definition) is 1. The third kappa shape index (κ3) is 3.68. The summed E-state index contributed by atoms with van der Waals surface area (Å²) in [5.41, 5.74) is 0.913. The van der Waals surface area contributed by atoms with Crippen molar-refractivity contribution in [3.63, 3.8) is 0 Å². The van der Waals surface area contributed by atoms with E-state index in [1.54, 1.807) is 17.0 Å². The number of urea groups is 1. The Morgan fingerprint density at radius 1 is 1.33 bits per heavy atom. The number of Topliss-reactive ketones (excluding diaryl/α,β-unsaturated/α-hetero) is 1. The Labute approximate surface area is 142 Å². The molecule has 0 unspecified atom stereocenters. The molecule has 2 amide bonds. The molecule has 24 heavy (non-hydrogen) atoms. The van der Waals surface area contributed by atoms with Crippen LogP contribution in [0.25, 0.3) is 0 Å². The number of amides is 2. The molecule has 6 nitrogen and oxygen atoms in total. The fraction of sp³-hybridized carbons (Fsp3) is 0.611. The molecule has 0 atom stereocenters. The normalized spacial score (nSPS) is 18.2. The number of carbonyl (C=O) groups excluding carboxylic acids is 2. The molecule has 1 aromatic rings. The summed E-state index contributed by atoms with van der Waals surface area (Å²) in [7, 11) is 0. The minimum atomic E-state index is -0.139. The van der Waals surface area contributed by atoms with Gasteiger partial charge in [-0.1, -0.05) is 19.3 Å². The van der Waals surface area contributed by atoms with Crippen LogP contribution in [0.15, 0.2) is 12.1 Å². The van der Waals surface area contributed by atoms with Gasteiger partial charge in [0.2, 0.25) is 5.88 Å². The molecule has 1 aliphatic carbocycles. The van der Waals surface area contributed by atoms with Gasteiger partial charge in [0.15, 0.2) is 5.78 Å². The van der Waals surface area contributed by atoms with Crippen LogP contribution in [0.2, 0.25) is 0 Å². The van der Waals surface area contributed by atoms with Crippen molar-refractivity contribution < 1.29 is 14.3 Å². The Morgan fingerprint density at radius 2 is 2.12 bits per heavy atom. The van der Waals surface area contributed by atoms with Crippen LogP contribution >= 0.6 is 0 Å². The lowest BCUT2D eigenvalue weighted by molar-refractivity contribution is 0.0974. The first-order chi connectivity index (χ1) is 11.7.